The second-order valence-corrected chi connectivity index (χ2v) is 8.61. The van der Waals surface area contributed by atoms with Gasteiger partial charge in [-0.2, -0.15) is 11.8 Å². The van der Waals surface area contributed by atoms with Crippen molar-refractivity contribution in [3.05, 3.63) is 29.8 Å². The van der Waals surface area contributed by atoms with E-state index in [4.69, 9.17) is 16.6 Å². The van der Waals surface area contributed by atoms with Gasteiger partial charge in [0.05, 0.1) is 12.5 Å². The van der Waals surface area contributed by atoms with Crippen LogP contribution in [-0.2, 0) is 30.4 Å². The van der Waals surface area contributed by atoms with Crippen molar-refractivity contribution in [2.45, 2.75) is 50.4 Å². The van der Waals surface area contributed by atoms with Gasteiger partial charge in [0, 0.05) is 6.42 Å². The van der Waals surface area contributed by atoms with Gasteiger partial charge in [0.15, 0.2) is 0 Å². The Balaban J connectivity index is 2.92. The van der Waals surface area contributed by atoms with E-state index in [2.05, 4.69) is 16.0 Å². The normalized spacial score (nSPS) is 14.2. The zero-order valence-electron chi connectivity index (χ0n) is 18.9. The van der Waals surface area contributed by atoms with Crippen LogP contribution in [0, 0.1) is 0 Å². The summed E-state index contributed by atoms with van der Waals surface area (Å²) in [7, 11) is 0. The van der Waals surface area contributed by atoms with Crippen molar-refractivity contribution in [1.29, 1.82) is 0 Å². The third-order valence-corrected chi connectivity index (χ3v) is 5.39. The highest BCUT2D eigenvalue weighted by molar-refractivity contribution is 7.98. The monoisotopic (exact) mass is 497 g/mol. The summed E-state index contributed by atoms with van der Waals surface area (Å²) in [6, 6.07) is 1.33. The van der Waals surface area contributed by atoms with E-state index in [-0.39, 0.29) is 12.2 Å². The van der Waals surface area contributed by atoms with E-state index in [1.165, 1.54) is 30.8 Å². The molecule has 4 amide bonds. The molecule has 4 atom stereocenters. The molecule has 12 nitrogen and oxygen atoms in total. The van der Waals surface area contributed by atoms with Crippen LogP contribution in [0.1, 0.15) is 25.3 Å². The van der Waals surface area contributed by atoms with Crippen LogP contribution in [0.25, 0.3) is 0 Å². The minimum absolute atomic E-state index is 0.0297. The molecule has 0 spiro atoms. The van der Waals surface area contributed by atoms with E-state index in [1.807, 2.05) is 6.26 Å². The molecule has 1 rings (SSSR count). The lowest BCUT2D eigenvalue weighted by molar-refractivity contribution is -0.143. The summed E-state index contributed by atoms with van der Waals surface area (Å²) in [6.45, 7) is 1.32. The van der Waals surface area contributed by atoms with E-state index < -0.39 is 60.2 Å². The summed E-state index contributed by atoms with van der Waals surface area (Å²) in [5.74, 6) is -3.80. The van der Waals surface area contributed by atoms with Crippen molar-refractivity contribution in [3.8, 4) is 5.75 Å². The Kier molecular flexibility index (Phi) is 11.9. The number of nitrogens with two attached hydrogens (primary N) is 2. The lowest BCUT2D eigenvalue weighted by Gasteiger charge is -2.23. The topological polar surface area (TPSA) is 214 Å². The number of primary amides is 1. The number of hydrogen-bond acceptors (Lipinski definition) is 8. The van der Waals surface area contributed by atoms with Gasteiger partial charge in [-0.05, 0) is 43.0 Å². The third kappa shape index (κ3) is 10.1. The number of benzene rings is 1. The van der Waals surface area contributed by atoms with Gasteiger partial charge in [-0.25, -0.2) is 4.79 Å². The third-order valence-electron chi connectivity index (χ3n) is 4.75. The number of hydrogen-bond donors (Lipinski definition) is 7. The fourth-order valence-electron chi connectivity index (χ4n) is 2.81. The minimum atomic E-state index is -1.55. The molecule has 9 N–H and O–H groups in total. The van der Waals surface area contributed by atoms with Crippen LogP contribution in [-0.4, -0.2) is 76.0 Å². The van der Waals surface area contributed by atoms with E-state index in [0.717, 1.165) is 0 Å². The lowest BCUT2D eigenvalue weighted by atomic mass is 10.0. The zero-order chi connectivity index (χ0) is 25.8. The van der Waals surface area contributed by atoms with E-state index in [9.17, 15) is 29.1 Å². The Bertz CT molecular complexity index is 881. The number of aliphatic carboxylic acids is 1. The Morgan fingerprint density at radius 3 is 2.09 bits per heavy atom. The molecule has 0 heterocycles. The van der Waals surface area contributed by atoms with Crippen LogP contribution in [0.3, 0.4) is 0 Å². The molecule has 13 heteroatoms. The second-order valence-electron chi connectivity index (χ2n) is 7.62. The largest absolute Gasteiger partial charge is 0.508 e. The smallest absolute Gasteiger partial charge is 0.326 e. The molecule has 1 aromatic carbocycles. The van der Waals surface area contributed by atoms with E-state index >= 15 is 0 Å². The van der Waals surface area contributed by atoms with Crippen molar-refractivity contribution in [1.82, 2.24) is 16.0 Å². The quantitative estimate of drug-likeness (QED) is 0.158. The van der Waals surface area contributed by atoms with Gasteiger partial charge >= 0.3 is 5.97 Å². The van der Waals surface area contributed by atoms with Crippen molar-refractivity contribution in [2.24, 2.45) is 11.5 Å². The van der Waals surface area contributed by atoms with Gasteiger partial charge in [0.25, 0.3) is 0 Å². The predicted octanol–water partition coefficient (Wildman–Crippen LogP) is -1.55. The molecule has 0 aliphatic rings. The Morgan fingerprint density at radius 2 is 1.56 bits per heavy atom. The van der Waals surface area contributed by atoms with Crippen LogP contribution >= 0.6 is 11.8 Å². The highest BCUT2D eigenvalue weighted by Crippen LogP contribution is 2.12. The number of rotatable bonds is 14. The summed E-state index contributed by atoms with van der Waals surface area (Å²) >= 11 is 1.52. The standard InChI is InChI=1S/C21H31N5O7S/c1-11(18(29)26-16(21(32)33)10-17(23)28)24-20(31)15(9-12-3-5-13(27)6-4-12)25-19(30)14(22)7-8-34-2/h3-6,11,14-16,27H,7-10,22H2,1-2H3,(H2,23,28)(H,24,31)(H,25,30)(H,26,29)(H,32,33). The molecule has 0 fully saturated rings. The van der Waals surface area contributed by atoms with Crippen LogP contribution in [0.15, 0.2) is 24.3 Å². The van der Waals surface area contributed by atoms with Gasteiger partial charge in [0.2, 0.25) is 23.6 Å². The van der Waals surface area contributed by atoms with Gasteiger partial charge in [-0.1, -0.05) is 12.1 Å². The molecule has 1 aromatic rings. The van der Waals surface area contributed by atoms with Crippen molar-refractivity contribution in [3.63, 3.8) is 0 Å². The van der Waals surface area contributed by atoms with Gasteiger partial charge in [-0.3, -0.25) is 19.2 Å². The number of amides is 4. The number of carbonyl (C=O) groups is 5. The number of carboxylic acids is 1. The number of aromatic hydroxyl groups is 1. The van der Waals surface area contributed by atoms with E-state index in [1.54, 1.807) is 12.1 Å². The van der Waals surface area contributed by atoms with Crippen molar-refractivity contribution in [2.75, 3.05) is 12.0 Å². The molecule has 0 saturated carbocycles. The number of phenols is 1. The summed E-state index contributed by atoms with van der Waals surface area (Å²) in [5, 5.41) is 25.7. The molecule has 0 aliphatic heterocycles. The maximum absolute atomic E-state index is 12.9. The van der Waals surface area contributed by atoms with Gasteiger partial charge in [0.1, 0.15) is 23.9 Å². The van der Waals surface area contributed by atoms with Crippen molar-refractivity contribution < 1.29 is 34.2 Å². The minimum Gasteiger partial charge on any atom is -0.508 e. The summed E-state index contributed by atoms with van der Waals surface area (Å²) in [6.07, 6.45) is 1.70. The maximum atomic E-state index is 12.9. The second kappa shape index (κ2) is 14.1. The summed E-state index contributed by atoms with van der Waals surface area (Å²) in [4.78, 5) is 60.0. The predicted molar refractivity (Wildman–Crippen MR) is 126 cm³/mol. The highest BCUT2D eigenvalue weighted by atomic mass is 32.2. The number of carboxylic acid groups (broad SMARTS) is 1. The van der Waals surface area contributed by atoms with E-state index in [0.29, 0.717) is 17.7 Å². The first-order valence-electron chi connectivity index (χ1n) is 10.4. The number of thioether (sulfide) groups is 1. The molecule has 0 aromatic heterocycles. The zero-order valence-corrected chi connectivity index (χ0v) is 19.8. The fraction of sp³-hybridized carbons (Fsp3) is 0.476. The van der Waals surface area contributed by atoms with Gasteiger partial charge < -0.3 is 37.6 Å². The average molecular weight is 498 g/mol. The Hall–Kier alpha value is -3.32. The number of nitrogens with one attached hydrogen (secondary N) is 3. The Labute approximate surface area is 201 Å². The SMILES string of the molecule is CSCCC(N)C(=O)NC(Cc1ccc(O)cc1)C(=O)NC(C)C(=O)NC(CC(N)=O)C(=O)O. The average Bonchev–Trinajstić information content (AvgIpc) is 2.77. The first kappa shape index (κ1) is 28.7. The van der Waals surface area contributed by atoms with Crippen LogP contribution < -0.4 is 27.4 Å². The lowest BCUT2D eigenvalue weighted by Crippen LogP contribution is -2.57. The molecular formula is C21H31N5O7S. The summed E-state index contributed by atoms with van der Waals surface area (Å²) in [5.41, 5.74) is 11.5. The van der Waals surface area contributed by atoms with Crippen LogP contribution in [0.2, 0.25) is 0 Å². The highest BCUT2D eigenvalue weighted by Gasteiger charge is 2.29. The molecule has 34 heavy (non-hydrogen) atoms. The fourth-order valence-corrected chi connectivity index (χ4v) is 3.30. The van der Waals surface area contributed by atoms with Crippen LogP contribution in [0.5, 0.6) is 5.75 Å². The molecule has 0 saturated heterocycles. The van der Waals surface area contributed by atoms with Crippen LogP contribution in [0.4, 0.5) is 0 Å². The number of phenolic OH excluding ortho intramolecular Hbond substituents is 1. The molecule has 0 aliphatic carbocycles. The van der Waals surface area contributed by atoms with Crippen molar-refractivity contribution >= 4 is 41.4 Å². The first-order valence-corrected chi connectivity index (χ1v) is 11.8. The number of carbonyl (C=O) groups excluding carboxylic acids is 4. The Morgan fingerprint density at radius 1 is 0.971 bits per heavy atom. The first-order chi connectivity index (χ1) is 15.9. The summed E-state index contributed by atoms with van der Waals surface area (Å²) < 4.78 is 0. The molecule has 4 unspecified atom stereocenters. The molecule has 0 bridgehead atoms. The van der Waals surface area contributed by atoms with Gasteiger partial charge in [-0.15, -0.1) is 0 Å². The molecule has 0 radical (unpaired) electrons. The molecular weight excluding hydrogens is 466 g/mol. The maximum Gasteiger partial charge on any atom is 0.326 e. The molecule has 188 valence electrons.